The lowest BCUT2D eigenvalue weighted by Crippen LogP contribution is -2.40. The van der Waals surface area contributed by atoms with Gasteiger partial charge in [0.05, 0.1) is 25.5 Å². The zero-order valence-electron chi connectivity index (χ0n) is 11.3. The second-order valence-corrected chi connectivity index (χ2v) is 4.29. The minimum absolute atomic E-state index is 0.128. The molecule has 106 valence electrons. The van der Waals surface area contributed by atoms with Crippen molar-refractivity contribution in [2.45, 2.75) is 38.7 Å². The van der Waals surface area contributed by atoms with Crippen LogP contribution in [0.25, 0.3) is 0 Å². The van der Waals surface area contributed by atoms with Crippen molar-refractivity contribution in [3.05, 3.63) is 0 Å². The summed E-state index contributed by atoms with van der Waals surface area (Å²) in [4.78, 5) is 25.0. The van der Waals surface area contributed by atoms with E-state index in [1.165, 1.54) is 4.90 Å². The number of rotatable bonds is 7. The van der Waals surface area contributed by atoms with Gasteiger partial charge in [0.1, 0.15) is 6.10 Å². The summed E-state index contributed by atoms with van der Waals surface area (Å²) in [6, 6.07) is 2.01. The highest BCUT2D eigenvalue weighted by Gasteiger charge is 2.28. The molecule has 0 N–H and O–H groups in total. The fourth-order valence-electron chi connectivity index (χ4n) is 1.95. The summed E-state index contributed by atoms with van der Waals surface area (Å²) in [6.45, 7) is 3.27. The third kappa shape index (κ3) is 5.26. The minimum atomic E-state index is -0.416. The molecule has 1 aliphatic heterocycles. The Hall–Kier alpha value is -1.61. The van der Waals surface area contributed by atoms with Crippen molar-refractivity contribution < 1.29 is 19.1 Å². The molecule has 1 aliphatic rings. The highest BCUT2D eigenvalue weighted by atomic mass is 16.5. The maximum atomic E-state index is 12.2. The van der Waals surface area contributed by atoms with Gasteiger partial charge in [0.15, 0.2) is 0 Å². The van der Waals surface area contributed by atoms with Gasteiger partial charge in [0, 0.05) is 19.7 Å². The second kappa shape index (κ2) is 8.48. The van der Waals surface area contributed by atoms with Crippen molar-refractivity contribution in [3.63, 3.8) is 0 Å². The van der Waals surface area contributed by atoms with Crippen molar-refractivity contribution in [1.29, 1.82) is 5.26 Å². The van der Waals surface area contributed by atoms with Gasteiger partial charge in [-0.1, -0.05) is 0 Å². The molecule has 0 aromatic heterocycles. The van der Waals surface area contributed by atoms with Crippen molar-refractivity contribution in [1.82, 2.24) is 4.90 Å². The monoisotopic (exact) mass is 268 g/mol. The van der Waals surface area contributed by atoms with E-state index >= 15 is 0 Å². The Morgan fingerprint density at radius 3 is 2.84 bits per heavy atom. The quantitative estimate of drug-likeness (QED) is 0.640. The molecule has 0 radical (unpaired) electrons. The molecule has 0 saturated carbocycles. The largest absolute Gasteiger partial charge is 0.466 e. The predicted octanol–water partition coefficient (Wildman–Crippen LogP) is 0.861. The first-order chi connectivity index (χ1) is 9.19. The predicted molar refractivity (Wildman–Crippen MR) is 67.0 cm³/mol. The highest BCUT2D eigenvalue weighted by Crippen LogP contribution is 2.15. The first kappa shape index (κ1) is 15.4. The molecular formula is C13H20N2O4. The smallest absolute Gasteiger partial charge is 0.307 e. The number of hydrogen-bond donors (Lipinski definition) is 0. The van der Waals surface area contributed by atoms with E-state index in [2.05, 4.69) is 0 Å². The second-order valence-electron chi connectivity index (χ2n) is 4.29. The van der Waals surface area contributed by atoms with Crippen LogP contribution in [0.2, 0.25) is 0 Å². The Bertz CT molecular complexity index is 345. The Labute approximate surface area is 113 Å². The van der Waals surface area contributed by atoms with Crippen LogP contribution in [0, 0.1) is 11.3 Å². The van der Waals surface area contributed by atoms with E-state index in [9.17, 15) is 9.59 Å². The molecule has 1 amide bonds. The number of nitrogens with zero attached hydrogens (tertiary/aromatic N) is 2. The number of amides is 1. The number of carbonyl (C=O) groups excluding carboxylic acids is 2. The van der Waals surface area contributed by atoms with Gasteiger partial charge in [0.2, 0.25) is 0 Å². The molecular weight excluding hydrogens is 248 g/mol. The first-order valence-electron chi connectivity index (χ1n) is 6.62. The third-order valence-corrected chi connectivity index (χ3v) is 2.90. The van der Waals surface area contributed by atoms with Gasteiger partial charge in [-0.15, -0.1) is 0 Å². The SMILES string of the molecule is CCOC(=O)CCN(CCC#N)C(=O)C1CCCO1. The van der Waals surface area contributed by atoms with Crippen LogP contribution in [0.1, 0.15) is 32.6 Å². The molecule has 19 heavy (non-hydrogen) atoms. The normalized spacial score (nSPS) is 17.8. The lowest BCUT2D eigenvalue weighted by Gasteiger charge is -2.24. The van der Waals surface area contributed by atoms with Crippen molar-refractivity contribution in [2.75, 3.05) is 26.3 Å². The van der Waals surface area contributed by atoms with Gasteiger partial charge >= 0.3 is 5.97 Å². The lowest BCUT2D eigenvalue weighted by molar-refractivity contribution is -0.145. The summed E-state index contributed by atoms with van der Waals surface area (Å²) in [5.41, 5.74) is 0. The molecule has 1 fully saturated rings. The van der Waals surface area contributed by atoms with Gasteiger partial charge in [-0.3, -0.25) is 9.59 Å². The number of ether oxygens (including phenoxy) is 2. The maximum absolute atomic E-state index is 12.2. The van der Waals surface area contributed by atoms with Crippen LogP contribution in [-0.4, -0.2) is 49.2 Å². The van der Waals surface area contributed by atoms with Crippen LogP contribution < -0.4 is 0 Å². The van der Waals surface area contributed by atoms with Crippen molar-refractivity contribution in [2.24, 2.45) is 0 Å². The van der Waals surface area contributed by atoms with Gasteiger partial charge in [-0.25, -0.2) is 0 Å². The van der Waals surface area contributed by atoms with E-state index in [4.69, 9.17) is 14.7 Å². The molecule has 0 aliphatic carbocycles. The molecule has 1 atom stereocenters. The number of hydrogen-bond acceptors (Lipinski definition) is 5. The van der Waals surface area contributed by atoms with E-state index < -0.39 is 6.10 Å². The molecule has 1 heterocycles. The molecule has 1 unspecified atom stereocenters. The lowest BCUT2D eigenvalue weighted by atomic mass is 10.2. The summed E-state index contributed by atoms with van der Waals surface area (Å²) < 4.78 is 10.2. The molecule has 6 nitrogen and oxygen atoms in total. The zero-order valence-corrected chi connectivity index (χ0v) is 11.3. The van der Waals surface area contributed by atoms with E-state index in [1.807, 2.05) is 6.07 Å². The topological polar surface area (TPSA) is 79.6 Å². The number of nitriles is 1. The van der Waals surface area contributed by atoms with Gasteiger partial charge in [-0.2, -0.15) is 5.26 Å². The van der Waals surface area contributed by atoms with Crippen molar-refractivity contribution >= 4 is 11.9 Å². The summed E-state index contributed by atoms with van der Waals surface area (Å²) in [6.07, 6.45) is 1.57. The molecule has 0 spiro atoms. The zero-order chi connectivity index (χ0) is 14.1. The van der Waals surface area contributed by atoms with E-state index in [0.717, 1.165) is 6.42 Å². The maximum Gasteiger partial charge on any atom is 0.307 e. The minimum Gasteiger partial charge on any atom is -0.466 e. The van der Waals surface area contributed by atoms with Gasteiger partial charge < -0.3 is 14.4 Å². The number of carbonyl (C=O) groups is 2. The van der Waals surface area contributed by atoms with Crippen LogP contribution in [0.4, 0.5) is 0 Å². The average molecular weight is 268 g/mol. The van der Waals surface area contributed by atoms with Gasteiger partial charge in [-0.05, 0) is 19.8 Å². The fraction of sp³-hybridized carbons (Fsp3) is 0.769. The van der Waals surface area contributed by atoms with Crippen molar-refractivity contribution in [3.8, 4) is 6.07 Å². The molecule has 0 aromatic carbocycles. The average Bonchev–Trinajstić information content (AvgIpc) is 2.92. The third-order valence-electron chi connectivity index (χ3n) is 2.90. The fourth-order valence-corrected chi connectivity index (χ4v) is 1.95. The number of esters is 1. The molecule has 1 rings (SSSR count). The Kier molecular flexibility index (Phi) is 6.90. The van der Waals surface area contributed by atoms with E-state index in [-0.39, 0.29) is 31.3 Å². The van der Waals surface area contributed by atoms with Crippen LogP contribution in [0.15, 0.2) is 0 Å². The van der Waals surface area contributed by atoms with Gasteiger partial charge in [0.25, 0.3) is 5.91 Å². The molecule has 6 heteroatoms. The van der Waals surface area contributed by atoms with Crippen LogP contribution in [0.5, 0.6) is 0 Å². The Morgan fingerprint density at radius 2 is 2.26 bits per heavy atom. The van der Waals surface area contributed by atoms with E-state index in [1.54, 1.807) is 6.92 Å². The Balaban J connectivity index is 2.48. The standard InChI is InChI=1S/C13H20N2O4/c1-2-18-12(16)6-9-15(8-4-7-14)13(17)11-5-3-10-19-11/h11H,2-6,8-10H2,1H3. The Morgan fingerprint density at radius 1 is 1.47 bits per heavy atom. The van der Waals surface area contributed by atoms with Crippen LogP contribution in [-0.2, 0) is 19.1 Å². The molecule has 1 saturated heterocycles. The summed E-state index contributed by atoms with van der Waals surface area (Å²) >= 11 is 0. The summed E-state index contributed by atoms with van der Waals surface area (Å²) in [5.74, 6) is -0.457. The highest BCUT2D eigenvalue weighted by molar-refractivity contribution is 5.81. The molecule has 0 aromatic rings. The summed E-state index contributed by atoms with van der Waals surface area (Å²) in [5, 5.41) is 8.61. The first-order valence-corrected chi connectivity index (χ1v) is 6.62. The van der Waals surface area contributed by atoms with Crippen LogP contribution >= 0.6 is 0 Å². The van der Waals surface area contributed by atoms with Crippen LogP contribution in [0.3, 0.4) is 0 Å². The summed E-state index contributed by atoms with van der Waals surface area (Å²) in [7, 11) is 0. The van der Waals surface area contributed by atoms with E-state index in [0.29, 0.717) is 26.2 Å². The molecule has 0 bridgehead atoms.